The van der Waals surface area contributed by atoms with Crippen molar-refractivity contribution < 1.29 is 4.74 Å². The van der Waals surface area contributed by atoms with Crippen LogP contribution in [-0.4, -0.2) is 69.7 Å². The van der Waals surface area contributed by atoms with E-state index in [9.17, 15) is 0 Å². The molecule has 0 N–H and O–H groups in total. The van der Waals surface area contributed by atoms with E-state index in [1.54, 1.807) is 4.68 Å². The van der Waals surface area contributed by atoms with Crippen molar-refractivity contribution in [3.63, 3.8) is 0 Å². The van der Waals surface area contributed by atoms with Gasteiger partial charge in [-0.3, -0.25) is 14.5 Å². The summed E-state index contributed by atoms with van der Waals surface area (Å²) in [6, 6.07) is 0. The first-order valence-corrected chi connectivity index (χ1v) is 8.54. The van der Waals surface area contributed by atoms with Crippen molar-refractivity contribution in [3.8, 4) is 0 Å². The molecule has 0 radical (unpaired) electrons. The second kappa shape index (κ2) is 7.06. The number of ether oxygens (including phenoxy) is 1. The summed E-state index contributed by atoms with van der Waals surface area (Å²) in [5, 5.41) is 8.20. The Morgan fingerprint density at radius 3 is 2.41 bits per heavy atom. The molecule has 3 heterocycles. The molecular formula is C16H29N5O. The molecule has 2 aliphatic heterocycles. The van der Waals surface area contributed by atoms with Crippen molar-refractivity contribution in [2.75, 3.05) is 32.7 Å². The molecule has 2 aliphatic rings. The third-order valence-corrected chi connectivity index (χ3v) is 4.75. The number of piperidine rings is 1. The Labute approximate surface area is 133 Å². The topological polar surface area (TPSA) is 46.4 Å². The van der Waals surface area contributed by atoms with E-state index < -0.39 is 0 Å². The summed E-state index contributed by atoms with van der Waals surface area (Å²) in [5.41, 5.74) is 1.08. The maximum absolute atomic E-state index is 5.83. The van der Waals surface area contributed by atoms with Gasteiger partial charge in [0, 0.05) is 39.4 Å². The van der Waals surface area contributed by atoms with Gasteiger partial charge in [0.25, 0.3) is 0 Å². The summed E-state index contributed by atoms with van der Waals surface area (Å²) in [7, 11) is 1.92. The van der Waals surface area contributed by atoms with Crippen LogP contribution in [0.5, 0.6) is 0 Å². The van der Waals surface area contributed by atoms with E-state index in [0.717, 1.165) is 31.2 Å². The number of nitrogens with zero attached hydrogens (tertiary/aromatic N) is 5. The summed E-state index contributed by atoms with van der Waals surface area (Å²) in [5.74, 6) is 0.829. The van der Waals surface area contributed by atoms with Crippen LogP contribution in [0.4, 0.5) is 0 Å². The van der Waals surface area contributed by atoms with E-state index in [1.165, 1.54) is 32.5 Å². The van der Waals surface area contributed by atoms with Gasteiger partial charge in [0.2, 0.25) is 0 Å². The van der Waals surface area contributed by atoms with E-state index >= 15 is 0 Å². The van der Waals surface area contributed by atoms with Crippen LogP contribution in [0.1, 0.15) is 32.4 Å². The minimum atomic E-state index is 0.375. The lowest BCUT2D eigenvalue weighted by molar-refractivity contribution is -0.0732. The van der Waals surface area contributed by atoms with Crippen LogP contribution in [0.2, 0.25) is 0 Å². The van der Waals surface area contributed by atoms with Crippen LogP contribution in [0.25, 0.3) is 0 Å². The predicted molar refractivity (Wildman–Crippen MR) is 85.5 cm³/mol. The summed E-state index contributed by atoms with van der Waals surface area (Å²) in [6.45, 7) is 11.1. The SMILES string of the molecule is CC1CN(CC2CCN(Cc3cn(C)nn3)CC2)CC(C)O1. The van der Waals surface area contributed by atoms with Crippen LogP contribution in [0.15, 0.2) is 6.20 Å². The van der Waals surface area contributed by atoms with Gasteiger partial charge < -0.3 is 4.74 Å². The maximum atomic E-state index is 5.83. The van der Waals surface area contributed by atoms with Crippen molar-refractivity contribution in [2.24, 2.45) is 13.0 Å². The van der Waals surface area contributed by atoms with Gasteiger partial charge in [0.05, 0.1) is 17.9 Å². The van der Waals surface area contributed by atoms with E-state index in [0.29, 0.717) is 12.2 Å². The zero-order valence-corrected chi connectivity index (χ0v) is 14.1. The van der Waals surface area contributed by atoms with Gasteiger partial charge in [-0.2, -0.15) is 0 Å². The number of rotatable bonds is 4. The van der Waals surface area contributed by atoms with Crippen molar-refractivity contribution in [1.82, 2.24) is 24.8 Å². The van der Waals surface area contributed by atoms with Crippen LogP contribution in [-0.2, 0) is 18.3 Å². The van der Waals surface area contributed by atoms with Gasteiger partial charge in [0.15, 0.2) is 0 Å². The molecule has 3 rings (SSSR count). The second-order valence-corrected chi connectivity index (χ2v) is 7.08. The number of hydrogen-bond donors (Lipinski definition) is 0. The fraction of sp³-hybridized carbons (Fsp3) is 0.875. The summed E-state index contributed by atoms with van der Waals surface area (Å²) < 4.78 is 7.61. The summed E-state index contributed by atoms with van der Waals surface area (Å²) >= 11 is 0. The molecular weight excluding hydrogens is 278 g/mol. The minimum Gasteiger partial charge on any atom is -0.373 e. The van der Waals surface area contributed by atoms with Crippen molar-refractivity contribution in [1.29, 1.82) is 0 Å². The quantitative estimate of drug-likeness (QED) is 0.835. The smallest absolute Gasteiger partial charge is 0.0966 e. The zero-order chi connectivity index (χ0) is 15.5. The van der Waals surface area contributed by atoms with Gasteiger partial charge in [-0.15, -0.1) is 5.10 Å². The van der Waals surface area contributed by atoms with E-state index in [-0.39, 0.29) is 0 Å². The molecule has 6 heteroatoms. The Morgan fingerprint density at radius 2 is 1.82 bits per heavy atom. The maximum Gasteiger partial charge on any atom is 0.0966 e. The number of hydrogen-bond acceptors (Lipinski definition) is 5. The summed E-state index contributed by atoms with van der Waals surface area (Å²) in [4.78, 5) is 5.10. The van der Waals surface area contributed by atoms with Gasteiger partial charge >= 0.3 is 0 Å². The third kappa shape index (κ3) is 4.27. The molecule has 0 aromatic carbocycles. The number of likely N-dealkylation sites (tertiary alicyclic amines) is 1. The highest BCUT2D eigenvalue weighted by atomic mass is 16.5. The molecule has 6 nitrogen and oxygen atoms in total. The van der Waals surface area contributed by atoms with E-state index in [1.807, 2.05) is 13.2 Å². The number of morpholine rings is 1. The lowest BCUT2D eigenvalue weighted by atomic mass is 9.95. The highest BCUT2D eigenvalue weighted by molar-refractivity contribution is 4.92. The van der Waals surface area contributed by atoms with Crippen LogP contribution < -0.4 is 0 Å². The molecule has 0 amide bonds. The number of aryl methyl sites for hydroxylation is 1. The van der Waals surface area contributed by atoms with Crippen LogP contribution in [0.3, 0.4) is 0 Å². The molecule has 0 bridgehead atoms. The molecule has 1 aromatic rings. The second-order valence-electron chi connectivity index (χ2n) is 7.08. The Bertz CT molecular complexity index is 459. The zero-order valence-electron chi connectivity index (χ0n) is 14.1. The standard InChI is InChI=1S/C16H29N5O/c1-13-8-21(9-14(2)22-13)10-15-4-6-20(7-5-15)12-16-11-19(3)18-17-16/h11,13-15H,4-10,12H2,1-3H3. The number of aromatic nitrogens is 3. The van der Waals surface area contributed by atoms with E-state index in [2.05, 4.69) is 34.0 Å². The van der Waals surface area contributed by atoms with Crippen LogP contribution in [0, 0.1) is 5.92 Å². The first-order chi connectivity index (χ1) is 10.6. The molecule has 124 valence electrons. The third-order valence-electron chi connectivity index (χ3n) is 4.75. The molecule has 0 saturated carbocycles. The molecule has 0 spiro atoms. The van der Waals surface area contributed by atoms with Crippen molar-refractivity contribution >= 4 is 0 Å². The molecule has 2 unspecified atom stereocenters. The normalized spacial score (nSPS) is 29.0. The van der Waals surface area contributed by atoms with Gasteiger partial charge in [-0.25, -0.2) is 0 Å². The summed E-state index contributed by atoms with van der Waals surface area (Å²) in [6.07, 6.45) is 5.35. The Kier molecular flexibility index (Phi) is 5.10. The largest absolute Gasteiger partial charge is 0.373 e. The lowest BCUT2D eigenvalue weighted by Gasteiger charge is -2.39. The molecule has 1 aromatic heterocycles. The first kappa shape index (κ1) is 15.9. The van der Waals surface area contributed by atoms with Gasteiger partial charge in [-0.1, -0.05) is 5.21 Å². The highest BCUT2D eigenvalue weighted by Gasteiger charge is 2.26. The van der Waals surface area contributed by atoms with Crippen molar-refractivity contribution in [2.45, 2.75) is 45.4 Å². The minimum absolute atomic E-state index is 0.375. The Morgan fingerprint density at radius 1 is 1.14 bits per heavy atom. The Hall–Kier alpha value is -0.980. The molecule has 2 fully saturated rings. The highest BCUT2D eigenvalue weighted by Crippen LogP contribution is 2.21. The van der Waals surface area contributed by atoms with E-state index in [4.69, 9.17) is 4.74 Å². The molecule has 2 atom stereocenters. The molecule has 22 heavy (non-hydrogen) atoms. The van der Waals surface area contributed by atoms with Gasteiger partial charge in [-0.05, 0) is 45.7 Å². The fourth-order valence-corrected chi connectivity index (χ4v) is 3.82. The fourth-order valence-electron chi connectivity index (χ4n) is 3.82. The first-order valence-electron chi connectivity index (χ1n) is 8.54. The van der Waals surface area contributed by atoms with Gasteiger partial charge in [0.1, 0.15) is 0 Å². The lowest BCUT2D eigenvalue weighted by Crippen LogP contribution is -2.48. The average molecular weight is 307 g/mol. The van der Waals surface area contributed by atoms with Crippen molar-refractivity contribution in [3.05, 3.63) is 11.9 Å². The molecule has 2 saturated heterocycles. The average Bonchev–Trinajstić information content (AvgIpc) is 2.85. The monoisotopic (exact) mass is 307 g/mol. The predicted octanol–water partition coefficient (Wildman–Crippen LogP) is 1.14. The van der Waals surface area contributed by atoms with Crippen LogP contribution >= 0.6 is 0 Å². The molecule has 0 aliphatic carbocycles. The Balaban J connectivity index is 1.41.